The number of dihydropyridines is 1. The van der Waals surface area contributed by atoms with E-state index in [1.807, 2.05) is 20.8 Å². The first kappa shape index (κ1) is 25.9. The summed E-state index contributed by atoms with van der Waals surface area (Å²) in [6.45, 7) is 14.2. The van der Waals surface area contributed by atoms with Crippen LogP contribution in [0.15, 0.2) is 59.3 Å². The molecular formula is C28H42N4O2. The second kappa shape index (κ2) is 11.1. The van der Waals surface area contributed by atoms with Gasteiger partial charge < -0.3 is 24.8 Å². The Hall–Kier alpha value is -2.73. The summed E-state index contributed by atoms with van der Waals surface area (Å²) in [6.07, 6.45) is 7.60. The summed E-state index contributed by atoms with van der Waals surface area (Å²) in [6, 6.07) is 9.06. The molecule has 1 unspecified atom stereocenters. The SMILES string of the molecule is Cc1cccc(N2CC=C(C3=C(CN(C)CCN(C)C(=O)OC(C)(C)C)C=CC(C)N3)CC2)c1. The molecule has 0 aromatic heterocycles. The van der Waals surface area contributed by atoms with Gasteiger partial charge in [-0.2, -0.15) is 0 Å². The van der Waals surface area contributed by atoms with Crippen LogP contribution in [0, 0.1) is 6.92 Å². The van der Waals surface area contributed by atoms with Crippen molar-refractivity contribution in [1.29, 1.82) is 0 Å². The number of ether oxygens (including phenoxy) is 1. The Labute approximate surface area is 205 Å². The van der Waals surface area contributed by atoms with Gasteiger partial charge in [0.2, 0.25) is 0 Å². The van der Waals surface area contributed by atoms with Gasteiger partial charge in [0.25, 0.3) is 0 Å². The molecule has 0 saturated heterocycles. The number of carbonyl (C=O) groups excluding carboxylic acids is 1. The normalized spacial score (nSPS) is 18.6. The molecule has 2 aliphatic rings. The van der Waals surface area contributed by atoms with Gasteiger partial charge in [-0.3, -0.25) is 0 Å². The minimum Gasteiger partial charge on any atom is -0.444 e. The highest BCUT2D eigenvalue weighted by Gasteiger charge is 2.22. The highest BCUT2D eigenvalue weighted by Crippen LogP contribution is 2.27. The van der Waals surface area contributed by atoms with Gasteiger partial charge in [-0.25, -0.2) is 4.79 Å². The third-order valence-electron chi connectivity index (χ3n) is 6.14. The fourth-order valence-electron chi connectivity index (χ4n) is 4.22. The van der Waals surface area contributed by atoms with Crippen molar-refractivity contribution in [2.75, 3.05) is 51.7 Å². The van der Waals surface area contributed by atoms with E-state index in [0.29, 0.717) is 12.6 Å². The quantitative estimate of drug-likeness (QED) is 0.629. The molecular weight excluding hydrogens is 424 g/mol. The molecule has 6 heteroatoms. The molecule has 3 rings (SSSR count). The lowest BCUT2D eigenvalue weighted by Gasteiger charge is -2.33. The van der Waals surface area contributed by atoms with Crippen LogP contribution < -0.4 is 10.2 Å². The number of hydrogen-bond acceptors (Lipinski definition) is 5. The summed E-state index contributed by atoms with van der Waals surface area (Å²) in [5.41, 5.74) is 6.08. The minimum absolute atomic E-state index is 0.278. The Kier molecular flexibility index (Phi) is 8.47. The van der Waals surface area contributed by atoms with Crippen LogP contribution in [0.5, 0.6) is 0 Å². The molecule has 1 N–H and O–H groups in total. The zero-order chi connectivity index (χ0) is 24.9. The maximum absolute atomic E-state index is 12.2. The molecule has 0 radical (unpaired) electrons. The van der Waals surface area contributed by atoms with Gasteiger partial charge in [-0.05, 0) is 76.9 Å². The molecule has 1 aromatic rings. The van der Waals surface area contributed by atoms with Crippen LogP contribution in [0.4, 0.5) is 10.5 Å². The van der Waals surface area contributed by atoms with Crippen molar-refractivity contribution in [2.45, 2.75) is 52.7 Å². The van der Waals surface area contributed by atoms with Crippen molar-refractivity contribution < 1.29 is 9.53 Å². The summed E-state index contributed by atoms with van der Waals surface area (Å²) in [5, 5.41) is 3.71. The second-order valence-corrected chi connectivity index (χ2v) is 10.6. The highest BCUT2D eigenvalue weighted by atomic mass is 16.6. The van der Waals surface area contributed by atoms with Crippen molar-refractivity contribution in [3.63, 3.8) is 0 Å². The molecule has 1 aromatic carbocycles. The van der Waals surface area contributed by atoms with Crippen molar-refractivity contribution in [2.24, 2.45) is 0 Å². The average Bonchev–Trinajstić information content (AvgIpc) is 2.77. The van der Waals surface area contributed by atoms with Gasteiger partial charge >= 0.3 is 6.09 Å². The molecule has 2 aliphatic heterocycles. The first-order valence-electron chi connectivity index (χ1n) is 12.3. The number of likely N-dealkylation sites (N-methyl/N-ethyl adjacent to an activating group) is 2. The van der Waals surface area contributed by atoms with Crippen LogP contribution in [0.25, 0.3) is 0 Å². The molecule has 0 aliphatic carbocycles. The van der Waals surface area contributed by atoms with E-state index in [9.17, 15) is 4.79 Å². The van der Waals surface area contributed by atoms with E-state index in [0.717, 1.165) is 32.6 Å². The van der Waals surface area contributed by atoms with E-state index >= 15 is 0 Å². The Morgan fingerprint density at radius 2 is 2.00 bits per heavy atom. The topological polar surface area (TPSA) is 48.0 Å². The van der Waals surface area contributed by atoms with Crippen molar-refractivity contribution in [3.8, 4) is 0 Å². The zero-order valence-electron chi connectivity index (χ0n) is 22.0. The number of benzene rings is 1. The molecule has 1 amide bonds. The molecule has 6 nitrogen and oxygen atoms in total. The number of amides is 1. The lowest BCUT2D eigenvalue weighted by atomic mass is 9.96. The van der Waals surface area contributed by atoms with Gasteiger partial charge in [0, 0.05) is 57.2 Å². The maximum atomic E-state index is 12.2. The number of carbonyl (C=O) groups is 1. The predicted octanol–water partition coefficient (Wildman–Crippen LogP) is 4.73. The van der Waals surface area contributed by atoms with Crippen LogP contribution in [0.3, 0.4) is 0 Å². The first-order chi connectivity index (χ1) is 16.0. The number of hydrogen-bond donors (Lipinski definition) is 1. The van der Waals surface area contributed by atoms with E-state index < -0.39 is 5.60 Å². The Balaban J connectivity index is 1.63. The van der Waals surface area contributed by atoms with Gasteiger partial charge in [-0.15, -0.1) is 0 Å². The molecule has 2 heterocycles. The van der Waals surface area contributed by atoms with E-state index in [1.54, 1.807) is 11.9 Å². The fourth-order valence-corrected chi connectivity index (χ4v) is 4.22. The molecule has 0 bridgehead atoms. The summed E-state index contributed by atoms with van der Waals surface area (Å²) in [5.74, 6) is 0. The monoisotopic (exact) mass is 466 g/mol. The minimum atomic E-state index is -0.477. The van der Waals surface area contributed by atoms with Gasteiger partial charge in [-0.1, -0.05) is 30.4 Å². The molecule has 0 fully saturated rings. The smallest absolute Gasteiger partial charge is 0.410 e. The van der Waals surface area contributed by atoms with Crippen molar-refractivity contribution >= 4 is 11.8 Å². The van der Waals surface area contributed by atoms with Gasteiger partial charge in [0.15, 0.2) is 0 Å². The van der Waals surface area contributed by atoms with E-state index in [2.05, 4.69) is 78.5 Å². The lowest BCUT2D eigenvalue weighted by molar-refractivity contribution is 0.0288. The largest absolute Gasteiger partial charge is 0.444 e. The van der Waals surface area contributed by atoms with Gasteiger partial charge in [0.1, 0.15) is 5.60 Å². The number of nitrogens with one attached hydrogen (secondary N) is 1. The number of nitrogens with zero attached hydrogens (tertiary/aromatic N) is 3. The number of aryl methyl sites for hydroxylation is 1. The average molecular weight is 467 g/mol. The number of anilines is 1. The van der Waals surface area contributed by atoms with Crippen molar-refractivity contribution in [3.05, 3.63) is 64.9 Å². The second-order valence-electron chi connectivity index (χ2n) is 10.6. The van der Waals surface area contributed by atoms with Crippen LogP contribution in [-0.2, 0) is 4.74 Å². The standard InChI is InChI=1S/C28H42N4O2/c1-21-9-8-10-25(19-21)32-15-13-23(14-16-32)26-24(12-11-22(2)29-26)20-30(6)17-18-31(7)27(33)34-28(3,4)5/h8-13,19,22,29H,14-18,20H2,1-7H3. The van der Waals surface area contributed by atoms with Crippen LogP contribution in [-0.4, -0.2) is 74.4 Å². The third kappa shape index (κ3) is 7.39. The predicted molar refractivity (Wildman–Crippen MR) is 141 cm³/mol. The maximum Gasteiger partial charge on any atom is 0.410 e. The van der Waals surface area contributed by atoms with E-state index in [-0.39, 0.29) is 6.09 Å². The van der Waals surface area contributed by atoms with Crippen LogP contribution >= 0.6 is 0 Å². The number of allylic oxidation sites excluding steroid dienone is 1. The Morgan fingerprint density at radius 3 is 2.65 bits per heavy atom. The van der Waals surface area contributed by atoms with Crippen LogP contribution in [0.1, 0.15) is 39.7 Å². The Morgan fingerprint density at radius 1 is 1.24 bits per heavy atom. The summed E-state index contributed by atoms with van der Waals surface area (Å²) >= 11 is 0. The van der Waals surface area contributed by atoms with Gasteiger partial charge in [0.05, 0.1) is 0 Å². The first-order valence-corrected chi connectivity index (χ1v) is 12.3. The number of rotatable bonds is 7. The molecule has 1 atom stereocenters. The molecule has 0 spiro atoms. The summed E-state index contributed by atoms with van der Waals surface area (Å²) < 4.78 is 5.46. The highest BCUT2D eigenvalue weighted by molar-refractivity contribution is 5.67. The molecule has 34 heavy (non-hydrogen) atoms. The third-order valence-corrected chi connectivity index (χ3v) is 6.14. The van der Waals surface area contributed by atoms with Crippen LogP contribution in [0.2, 0.25) is 0 Å². The lowest BCUT2D eigenvalue weighted by Crippen LogP contribution is -2.39. The Bertz CT molecular complexity index is 957. The van der Waals surface area contributed by atoms with E-state index in [4.69, 9.17) is 4.74 Å². The molecule has 186 valence electrons. The summed E-state index contributed by atoms with van der Waals surface area (Å²) in [7, 11) is 3.90. The van der Waals surface area contributed by atoms with Crippen molar-refractivity contribution in [1.82, 2.24) is 15.1 Å². The fraction of sp³-hybridized carbons (Fsp3) is 0.536. The van der Waals surface area contributed by atoms with E-state index in [1.165, 1.54) is 28.1 Å². The summed E-state index contributed by atoms with van der Waals surface area (Å²) in [4.78, 5) is 18.6. The zero-order valence-corrected chi connectivity index (χ0v) is 22.0. The molecule has 0 saturated carbocycles.